The molecule has 3 aromatic rings. The number of benzene rings is 3. The van der Waals surface area contributed by atoms with Crippen LogP contribution in [0.25, 0.3) is 0 Å². The molecule has 0 saturated heterocycles. The van der Waals surface area contributed by atoms with Crippen molar-refractivity contribution in [1.82, 2.24) is 10.2 Å². The average molecular weight is 582 g/mol. The molecule has 1 saturated carbocycles. The van der Waals surface area contributed by atoms with E-state index in [9.17, 15) is 18.0 Å². The first-order chi connectivity index (χ1) is 19.2. The summed E-state index contributed by atoms with van der Waals surface area (Å²) in [5.74, 6) is -0.735. The van der Waals surface area contributed by atoms with Crippen LogP contribution in [0.1, 0.15) is 50.2 Å². The molecule has 4 rings (SSSR count). The molecule has 0 aromatic heterocycles. The predicted octanol–water partition coefficient (Wildman–Crippen LogP) is 5.71. The van der Waals surface area contributed by atoms with Crippen LogP contribution in [0.2, 0.25) is 5.02 Å². The number of anilines is 1. The van der Waals surface area contributed by atoms with Gasteiger partial charge in [0, 0.05) is 17.6 Å². The molecule has 0 heterocycles. The molecule has 3 aromatic carbocycles. The summed E-state index contributed by atoms with van der Waals surface area (Å²) in [6, 6.07) is 21.6. The highest BCUT2D eigenvalue weighted by atomic mass is 35.5. The summed E-state index contributed by atoms with van der Waals surface area (Å²) in [6.45, 7) is 3.08. The summed E-state index contributed by atoms with van der Waals surface area (Å²) in [6.07, 6.45) is 5.13. The van der Waals surface area contributed by atoms with Crippen molar-refractivity contribution in [3.8, 4) is 0 Å². The molecule has 1 N–H and O–H groups in total. The van der Waals surface area contributed by atoms with Crippen LogP contribution in [0.4, 0.5) is 5.69 Å². The number of hydrogen-bond acceptors (Lipinski definition) is 4. The van der Waals surface area contributed by atoms with Crippen molar-refractivity contribution in [3.05, 3.63) is 95.0 Å². The van der Waals surface area contributed by atoms with Crippen LogP contribution in [-0.2, 0) is 26.2 Å². The molecule has 2 amide bonds. The molecule has 0 unspecified atom stereocenters. The molecular weight excluding hydrogens is 546 g/mol. The Morgan fingerprint density at radius 3 is 2.20 bits per heavy atom. The summed E-state index contributed by atoms with van der Waals surface area (Å²) in [5.41, 5.74) is 1.68. The second-order valence-corrected chi connectivity index (χ2v) is 12.5. The lowest BCUT2D eigenvalue weighted by Crippen LogP contribution is -2.53. The van der Waals surface area contributed by atoms with Crippen molar-refractivity contribution in [2.75, 3.05) is 10.8 Å². The van der Waals surface area contributed by atoms with Crippen LogP contribution in [0.3, 0.4) is 0 Å². The molecule has 0 radical (unpaired) electrons. The Balaban J connectivity index is 1.68. The van der Waals surface area contributed by atoms with Gasteiger partial charge in [0.25, 0.3) is 10.0 Å². The van der Waals surface area contributed by atoms with Gasteiger partial charge in [0.1, 0.15) is 12.6 Å². The fourth-order valence-electron chi connectivity index (χ4n) is 5.03. The molecule has 7 nitrogen and oxygen atoms in total. The fourth-order valence-corrected chi connectivity index (χ4v) is 6.69. The van der Waals surface area contributed by atoms with Gasteiger partial charge in [-0.05, 0) is 62.1 Å². The van der Waals surface area contributed by atoms with E-state index in [2.05, 4.69) is 5.32 Å². The molecule has 212 valence electrons. The van der Waals surface area contributed by atoms with E-state index < -0.39 is 28.5 Å². The first-order valence-electron chi connectivity index (χ1n) is 13.6. The van der Waals surface area contributed by atoms with E-state index in [1.165, 1.54) is 17.0 Å². The van der Waals surface area contributed by atoms with Crippen molar-refractivity contribution in [1.29, 1.82) is 0 Å². The maximum atomic E-state index is 14.1. The number of sulfonamides is 1. The summed E-state index contributed by atoms with van der Waals surface area (Å²) in [4.78, 5) is 28.9. The Morgan fingerprint density at radius 1 is 0.925 bits per heavy atom. The summed E-state index contributed by atoms with van der Waals surface area (Å²) >= 11 is 6.38. The van der Waals surface area contributed by atoms with Crippen molar-refractivity contribution in [2.24, 2.45) is 0 Å². The molecule has 0 spiro atoms. The highest BCUT2D eigenvalue weighted by Gasteiger charge is 2.34. The van der Waals surface area contributed by atoms with Crippen LogP contribution in [0.15, 0.2) is 83.8 Å². The summed E-state index contributed by atoms with van der Waals surface area (Å²) in [5, 5.41) is 3.50. The van der Waals surface area contributed by atoms with E-state index in [4.69, 9.17) is 11.6 Å². The van der Waals surface area contributed by atoms with Gasteiger partial charge in [0.05, 0.1) is 10.6 Å². The van der Waals surface area contributed by atoms with Gasteiger partial charge in [0.15, 0.2) is 0 Å². The first kappa shape index (κ1) is 29.6. The monoisotopic (exact) mass is 581 g/mol. The summed E-state index contributed by atoms with van der Waals surface area (Å²) < 4.78 is 28.9. The minimum atomic E-state index is -4.14. The Kier molecular flexibility index (Phi) is 9.87. The van der Waals surface area contributed by atoms with Crippen molar-refractivity contribution >= 4 is 39.1 Å². The van der Waals surface area contributed by atoms with Crippen LogP contribution < -0.4 is 9.62 Å². The number of nitrogens with one attached hydrogen (secondary N) is 1. The molecule has 0 aliphatic heterocycles. The Hall–Kier alpha value is -3.36. The molecule has 40 heavy (non-hydrogen) atoms. The second kappa shape index (κ2) is 13.3. The van der Waals surface area contributed by atoms with Gasteiger partial charge in [-0.3, -0.25) is 13.9 Å². The van der Waals surface area contributed by atoms with Crippen LogP contribution in [0, 0.1) is 6.92 Å². The van der Waals surface area contributed by atoms with Gasteiger partial charge >= 0.3 is 0 Å². The SMILES string of the molecule is Cc1c(Cl)cccc1N(CC(=O)N(Cc1ccccc1)[C@@H](C)C(=O)NC1CCCCC1)S(=O)(=O)c1ccccc1. The Morgan fingerprint density at radius 2 is 1.55 bits per heavy atom. The van der Waals surface area contributed by atoms with Gasteiger partial charge in [0.2, 0.25) is 11.8 Å². The van der Waals surface area contributed by atoms with Gasteiger partial charge < -0.3 is 10.2 Å². The highest BCUT2D eigenvalue weighted by molar-refractivity contribution is 7.92. The predicted molar refractivity (Wildman–Crippen MR) is 159 cm³/mol. The van der Waals surface area contributed by atoms with Gasteiger partial charge in [-0.25, -0.2) is 8.42 Å². The van der Waals surface area contributed by atoms with Crippen LogP contribution in [0.5, 0.6) is 0 Å². The second-order valence-electron chi connectivity index (χ2n) is 10.2. The normalized spacial score (nSPS) is 14.8. The third-order valence-electron chi connectivity index (χ3n) is 7.43. The van der Waals surface area contributed by atoms with Crippen molar-refractivity contribution in [3.63, 3.8) is 0 Å². The van der Waals surface area contributed by atoms with Gasteiger partial charge in [-0.1, -0.05) is 85.5 Å². The van der Waals surface area contributed by atoms with Gasteiger partial charge in [-0.2, -0.15) is 0 Å². The number of carbonyl (C=O) groups excluding carboxylic acids is 2. The molecule has 9 heteroatoms. The zero-order valence-electron chi connectivity index (χ0n) is 22.9. The zero-order chi connectivity index (χ0) is 28.7. The lowest BCUT2D eigenvalue weighted by atomic mass is 9.95. The third kappa shape index (κ3) is 7.04. The quantitative estimate of drug-likeness (QED) is 0.332. The summed E-state index contributed by atoms with van der Waals surface area (Å²) in [7, 11) is -4.14. The number of hydrogen-bond donors (Lipinski definition) is 1. The van der Waals surface area contributed by atoms with Crippen LogP contribution >= 0.6 is 11.6 Å². The van der Waals surface area contributed by atoms with Gasteiger partial charge in [-0.15, -0.1) is 0 Å². The lowest BCUT2D eigenvalue weighted by molar-refractivity contribution is -0.139. The fraction of sp³-hybridized carbons (Fsp3) is 0.355. The Labute approximate surface area is 242 Å². The Bertz CT molecular complexity index is 1410. The molecule has 1 fully saturated rings. The number of halogens is 1. The zero-order valence-corrected chi connectivity index (χ0v) is 24.5. The largest absolute Gasteiger partial charge is 0.352 e. The molecular formula is C31H36ClN3O4S. The van der Waals surface area contributed by atoms with E-state index in [0.29, 0.717) is 16.3 Å². The topological polar surface area (TPSA) is 86.8 Å². The van der Waals surface area contributed by atoms with E-state index in [0.717, 1.165) is 42.0 Å². The lowest BCUT2D eigenvalue weighted by Gasteiger charge is -2.33. The average Bonchev–Trinajstić information content (AvgIpc) is 2.97. The van der Waals surface area contributed by atoms with E-state index in [1.54, 1.807) is 50.2 Å². The van der Waals surface area contributed by atoms with Crippen LogP contribution in [-0.4, -0.2) is 43.8 Å². The highest BCUT2D eigenvalue weighted by Crippen LogP contribution is 2.31. The van der Waals surface area contributed by atoms with Crippen molar-refractivity contribution in [2.45, 2.75) is 69.5 Å². The number of nitrogens with zero attached hydrogens (tertiary/aromatic N) is 2. The molecule has 1 atom stereocenters. The minimum Gasteiger partial charge on any atom is -0.352 e. The molecule has 1 aliphatic carbocycles. The minimum absolute atomic E-state index is 0.0554. The smallest absolute Gasteiger partial charge is 0.264 e. The third-order valence-corrected chi connectivity index (χ3v) is 9.62. The number of carbonyl (C=O) groups is 2. The standard InChI is InChI=1S/C31H36ClN3O4S/c1-23-28(32)19-12-20-29(23)35(40(38,39)27-17-10-5-11-18-27)22-30(36)34(21-25-13-6-3-7-14-25)24(2)31(37)33-26-15-8-4-9-16-26/h3,5-7,10-14,17-20,24,26H,4,8-9,15-16,21-22H2,1-2H3,(H,33,37)/t24-/m0/s1. The first-order valence-corrected chi connectivity index (χ1v) is 15.5. The van der Waals surface area contributed by atoms with E-state index >= 15 is 0 Å². The molecule has 1 aliphatic rings. The maximum absolute atomic E-state index is 14.1. The van der Waals surface area contributed by atoms with E-state index in [-0.39, 0.29) is 23.4 Å². The van der Waals surface area contributed by atoms with Crippen molar-refractivity contribution < 1.29 is 18.0 Å². The molecule has 0 bridgehead atoms. The van der Waals surface area contributed by atoms with E-state index in [1.807, 2.05) is 30.3 Å². The number of rotatable bonds is 10. The number of amides is 2. The maximum Gasteiger partial charge on any atom is 0.264 e.